The molecular weight excluding hydrogens is 212 g/mol. The number of carbonyl (C=O) groups excluding carboxylic acids is 1. The van der Waals surface area contributed by atoms with Gasteiger partial charge < -0.3 is 10.1 Å². The second-order valence-corrected chi connectivity index (χ2v) is 4.47. The summed E-state index contributed by atoms with van der Waals surface area (Å²) in [5.74, 6) is -0.230. The molecule has 2 rings (SSSR count). The van der Waals surface area contributed by atoms with E-state index in [1.165, 1.54) is 13.5 Å². The van der Waals surface area contributed by atoms with Gasteiger partial charge in [0, 0.05) is 5.38 Å². The lowest BCUT2D eigenvalue weighted by molar-refractivity contribution is -0.139. The predicted octanol–water partition coefficient (Wildman–Crippen LogP) is 1.28. The van der Waals surface area contributed by atoms with E-state index in [0.717, 1.165) is 23.7 Å². The van der Waals surface area contributed by atoms with E-state index in [-0.39, 0.29) is 12.4 Å². The fraction of sp³-hybridized carbons (Fsp3) is 0.600. The van der Waals surface area contributed by atoms with E-state index in [2.05, 4.69) is 15.0 Å². The van der Waals surface area contributed by atoms with Crippen LogP contribution in [0.4, 0.5) is 0 Å². The van der Waals surface area contributed by atoms with Gasteiger partial charge in [-0.25, -0.2) is 4.98 Å². The fourth-order valence-electron chi connectivity index (χ4n) is 1.68. The molecular formula is C10H14N2O2S. The first-order valence-electron chi connectivity index (χ1n) is 5.04. The summed E-state index contributed by atoms with van der Waals surface area (Å²) in [5, 5.41) is 6.41. The zero-order valence-electron chi connectivity index (χ0n) is 8.66. The van der Waals surface area contributed by atoms with E-state index in [0.29, 0.717) is 6.04 Å². The maximum absolute atomic E-state index is 11.0. The van der Waals surface area contributed by atoms with Crippen LogP contribution in [0.25, 0.3) is 0 Å². The third kappa shape index (κ3) is 2.54. The van der Waals surface area contributed by atoms with Gasteiger partial charge in [0.2, 0.25) is 0 Å². The van der Waals surface area contributed by atoms with Gasteiger partial charge in [-0.05, 0) is 19.4 Å². The van der Waals surface area contributed by atoms with Gasteiger partial charge in [0.1, 0.15) is 5.01 Å². The Hall–Kier alpha value is -0.940. The number of thiazole rings is 1. The van der Waals surface area contributed by atoms with E-state index in [1.807, 2.05) is 5.38 Å². The van der Waals surface area contributed by atoms with E-state index in [9.17, 15) is 4.79 Å². The van der Waals surface area contributed by atoms with Crippen LogP contribution in [-0.2, 0) is 16.0 Å². The van der Waals surface area contributed by atoms with Crippen LogP contribution in [0.5, 0.6) is 0 Å². The third-order valence-electron chi connectivity index (χ3n) is 2.48. The summed E-state index contributed by atoms with van der Waals surface area (Å²) in [6.45, 7) is 1.07. The average Bonchev–Trinajstić information content (AvgIpc) is 2.85. The summed E-state index contributed by atoms with van der Waals surface area (Å²) in [6, 6.07) is 0.390. The summed E-state index contributed by atoms with van der Waals surface area (Å²) in [6.07, 6.45) is 2.63. The Morgan fingerprint density at radius 2 is 2.67 bits per heavy atom. The molecule has 0 aliphatic carbocycles. The van der Waals surface area contributed by atoms with Crippen molar-refractivity contribution in [1.29, 1.82) is 0 Å². The maximum atomic E-state index is 11.0. The van der Waals surface area contributed by atoms with E-state index in [1.54, 1.807) is 11.3 Å². The lowest BCUT2D eigenvalue weighted by Crippen LogP contribution is -2.13. The highest BCUT2D eigenvalue weighted by molar-refractivity contribution is 7.09. The Morgan fingerprint density at radius 1 is 1.80 bits per heavy atom. The number of aromatic nitrogens is 1. The van der Waals surface area contributed by atoms with Crippen LogP contribution >= 0.6 is 11.3 Å². The lowest BCUT2D eigenvalue weighted by atomic mass is 10.2. The standard InChI is InChI=1S/C10H14N2O2S/c1-14-9(13)5-7-6-15-10(12-7)8-3-2-4-11-8/h6,8,11H,2-5H2,1H3. The van der Waals surface area contributed by atoms with Crippen molar-refractivity contribution in [3.8, 4) is 0 Å². The molecule has 15 heavy (non-hydrogen) atoms. The molecule has 1 unspecified atom stereocenters. The molecule has 82 valence electrons. The quantitative estimate of drug-likeness (QED) is 0.789. The molecule has 0 radical (unpaired) electrons. The number of ether oxygens (including phenoxy) is 1. The highest BCUT2D eigenvalue weighted by Gasteiger charge is 2.19. The van der Waals surface area contributed by atoms with Crippen molar-refractivity contribution in [3.63, 3.8) is 0 Å². The van der Waals surface area contributed by atoms with Gasteiger partial charge in [-0.3, -0.25) is 4.79 Å². The van der Waals surface area contributed by atoms with Crippen molar-refractivity contribution < 1.29 is 9.53 Å². The first kappa shape index (κ1) is 10.6. The van der Waals surface area contributed by atoms with Crippen molar-refractivity contribution in [2.45, 2.75) is 25.3 Å². The molecule has 1 aromatic heterocycles. The molecule has 5 heteroatoms. The van der Waals surface area contributed by atoms with Crippen LogP contribution in [-0.4, -0.2) is 24.6 Å². The molecule has 1 fully saturated rings. The highest BCUT2D eigenvalue weighted by Crippen LogP contribution is 2.25. The minimum Gasteiger partial charge on any atom is -0.469 e. The van der Waals surface area contributed by atoms with E-state index >= 15 is 0 Å². The van der Waals surface area contributed by atoms with Gasteiger partial charge in [-0.1, -0.05) is 0 Å². The van der Waals surface area contributed by atoms with Crippen molar-refractivity contribution in [1.82, 2.24) is 10.3 Å². The molecule has 1 saturated heterocycles. The van der Waals surface area contributed by atoms with E-state index < -0.39 is 0 Å². The van der Waals surface area contributed by atoms with Crippen molar-refractivity contribution in [2.75, 3.05) is 13.7 Å². The number of methoxy groups -OCH3 is 1. The lowest BCUT2D eigenvalue weighted by Gasteiger charge is -2.04. The summed E-state index contributed by atoms with van der Waals surface area (Å²) in [7, 11) is 1.40. The number of rotatable bonds is 3. The molecule has 0 aromatic carbocycles. The predicted molar refractivity (Wildman–Crippen MR) is 57.8 cm³/mol. The van der Waals surface area contributed by atoms with E-state index in [4.69, 9.17) is 0 Å². The van der Waals surface area contributed by atoms with Crippen LogP contribution in [0.2, 0.25) is 0 Å². The summed E-state index contributed by atoms with van der Waals surface area (Å²) >= 11 is 1.62. The fourth-order valence-corrected chi connectivity index (χ4v) is 2.61. The van der Waals surface area contributed by atoms with Crippen LogP contribution in [0.15, 0.2) is 5.38 Å². The zero-order chi connectivity index (χ0) is 10.7. The first-order valence-corrected chi connectivity index (χ1v) is 5.92. The molecule has 1 N–H and O–H groups in total. The topological polar surface area (TPSA) is 51.2 Å². The Balaban J connectivity index is 2.00. The minimum atomic E-state index is -0.230. The highest BCUT2D eigenvalue weighted by atomic mass is 32.1. The number of esters is 1. The number of nitrogens with one attached hydrogen (secondary N) is 1. The van der Waals surface area contributed by atoms with Crippen molar-refractivity contribution in [3.05, 3.63) is 16.1 Å². The SMILES string of the molecule is COC(=O)Cc1csc(C2CCCN2)n1. The van der Waals surface area contributed by atoms with Crippen LogP contribution in [0.3, 0.4) is 0 Å². The summed E-state index contributed by atoms with van der Waals surface area (Å²) < 4.78 is 4.60. The minimum absolute atomic E-state index is 0.230. The zero-order valence-corrected chi connectivity index (χ0v) is 9.47. The van der Waals surface area contributed by atoms with Gasteiger partial charge in [0.05, 0.1) is 25.3 Å². The molecule has 1 aliphatic heterocycles. The average molecular weight is 226 g/mol. The number of hydrogen-bond acceptors (Lipinski definition) is 5. The second-order valence-electron chi connectivity index (χ2n) is 3.58. The van der Waals surface area contributed by atoms with Crippen LogP contribution in [0, 0.1) is 0 Å². The largest absolute Gasteiger partial charge is 0.469 e. The maximum Gasteiger partial charge on any atom is 0.311 e. The summed E-state index contributed by atoms with van der Waals surface area (Å²) in [5.41, 5.74) is 0.815. The van der Waals surface area contributed by atoms with Gasteiger partial charge >= 0.3 is 5.97 Å². The molecule has 1 aromatic rings. The molecule has 0 spiro atoms. The molecule has 1 atom stereocenters. The van der Waals surface area contributed by atoms with Gasteiger partial charge in [-0.15, -0.1) is 11.3 Å². The normalized spacial score (nSPS) is 20.5. The smallest absolute Gasteiger partial charge is 0.311 e. The second kappa shape index (κ2) is 4.72. The third-order valence-corrected chi connectivity index (χ3v) is 3.49. The summed E-state index contributed by atoms with van der Waals surface area (Å²) in [4.78, 5) is 15.5. The van der Waals surface area contributed by atoms with Gasteiger partial charge in [-0.2, -0.15) is 0 Å². The Morgan fingerprint density at radius 3 is 3.33 bits per heavy atom. The van der Waals surface area contributed by atoms with Gasteiger partial charge in [0.15, 0.2) is 0 Å². The Labute approximate surface area is 92.7 Å². The number of nitrogens with zero attached hydrogens (tertiary/aromatic N) is 1. The van der Waals surface area contributed by atoms with Gasteiger partial charge in [0.25, 0.3) is 0 Å². The van der Waals surface area contributed by atoms with Crippen molar-refractivity contribution in [2.24, 2.45) is 0 Å². The number of carbonyl (C=O) groups is 1. The molecule has 0 bridgehead atoms. The Kier molecular flexibility index (Phi) is 3.33. The van der Waals surface area contributed by atoms with Crippen molar-refractivity contribution >= 4 is 17.3 Å². The van der Waals surface area contributed by atoms with Crippen LogP contribution < -0.4 is 5.32 Å². The molecule has 1 aliphatic rings. The molecule has 0 saturated carbocycles. The molecule has 2 heterocycles. The first-order chi connectivity index (χ1) is 7.29. The Bertz CT molecular complexity index is 345. The monoisotopic (exact) mass is 226 g/mol. The van der Waals surface area contributed by atoms with Crippen LogP contribution in [0.1, 0.15) is 29.6 Å². The molecule has 4 nitrogen and oxygen atoms in total. The number of hydrogen-bond donors (Lipinski definition) is 1. The molecule has 0 amide bonds.